The lowest BCUT2D eigenvalue weighted by Crippen LogP contribution is -2.34. The highest BCUT2D eigenvalue weighted by atomic mass is 16.5. The fraction of sp³-hybridized carbons (Fsp3) is 0.600. The van der Waals surface area contributed by atoms with Gasteiger partial charge in [0.05, 0.1) is 20.3 Å². The van der Waals surface area contributed by atoms with Crippen LogP contribution in [0.3, 0.4) is 0 Å². The second kappa shape index (κ2) is 7.36. The van der Waals surface area contributed by atoms with Crippen LogP contribution in [0.1, 0.15) is 38.2 Å². The molecule has 1 aromatic rings. The average molecular weight is 267 g/mol. The van der Waals surface area contributed by atoms with E-state index in [1.807, 2.05) is 25.1 Å². The zero-order valence-corrected chi connectivity index (χ0v) is 12.2. The third-order valence-corrected chi connectivity index (χ3v) is 3.53. The molecule has 0 amide bonds. The van der Waals surface area contributed by atoms with Crippen molar-refractivity contribution in [2.45, 2.75) is 44.8 Å². The number of hydrogen-bond acceptors (Lipinski definition) is 4. The molecule has 0 spiro atoms. The number of aliphatic hydroxyl groups excluding tert-OH is 1. The van der Waals surface area contributed by atoms with E-state index in [1.165, 1.54) is 0 Å². The highest BCUT2D eigenvalue weighted by Crippen LogP contribution is 2.33. The van der Waals surface area contributed by atoms with Crippen LogP contribution in [0.2, 0.25) is 0 Å². The molecule has 0 aliphatic carbocycles. The van der Waals surface area contributed by atoms with E-state index in [0.29, 0.717) is 6.42 Å². The van der Waals surface area contributed by atoms with Gasteiger partial charge in [-0.15, -0.1) is 0 Å². The molecule has 0 aromatic heterocycles. The Kier molecular flexibility index (Phi) is 6.12. The number of benzene rings is 1. The SMILES string of the molecule is CCC(N)C(O)CC(C)c1cc(OC)ccc1OC. The van der Waals surface area contributed by atoms with E-state index < -0.39 is 6.10 Å². The normalized spacial score (nSPS) is 15.7. The molecule has 4 heteroatoms. The summed E-state index contributed by atoms with van der Waals surface area (Å²) in [7, 11) is 3.28. The summed E-state index contributed by atoms with van der Waals surface area (Å²) >= 11 is 0. The first kappa shape index (κ1) is 15.8. The van der Waals surface area contributed by atoms with Crippen LogP contribution in [0.4, 0.5) is 0 Å². The number of hydrogen-bond donors (Lipinski definition) is 2. The molecular formula is C15H25NO3. The Hall–Kier alpha value is -1.26. The second-order valence-electron chi connectivity index (χ2n) is 4.88. The lowest BCUT2D eigenvalue weighted by molar-refractivity contribution is 0.126. The molecule has 0 heterocycles. The fourth-order valence-corrected chi connectivity index (χ4v) is 2.16. The molecule has 0 bridgehead atoms. The van der Waals surface area contributed by atoms with Gasteiger partial charge in [-0.3, -0.25) is 0 Å². The van der Waals surface area contributed by atoms with Gasteiger partial charge in [0.15, 0.2) is 0 Å². The average Bonchev–Trinajstić information content (AvgIpc) is 2.45. The van der Waals surface area contributed by atoms with Crippen molar-refractivity contribution in [2.75, 3.05) is 14.2 Å². The minimum atomic E-state index is -0.504. The van der Waals surface area contributed by atoms with Crippen LogP contribution in [0, 0.1) is 0 Å². The summed E-state index contributed by atoms with van der Waals surface area (Å²) in [6, 6.07) is 5.52. The summed E-state index contributed by atoms with van der Waals surface area (Å²) in [5, 5.41) is 10.0. The topological polar surface area (TPSA) is 64.7 Å². The quantitative estimate of drug-likeness (QED) is 0.795. The highest BCUT2D eigenvalue weighted by molar-refractivity contribution is 5.42. The summed E-state index contributed by atoms with van der Waals surface area (Å²) in [5.74, 6) is 1.75. The third kappa shape index (κ3) is 4.11. The number of methoxy groups -OCH3 is 2. The lowest BCUT2D eigenvalue weighted by atomic mass is 9.91. The Labute approximate surface area is 115 Å². The molecule has 108 valence electrons. The Morgan fingerprint density at radius 3 is 2.47 bits per heavy atom. The van der Waals surface area contributed by atoms with Crippen molar-refractivity contribution >= 4 is 0 Å². The van der Waals surface area contributed by atoms with Crippen LogP contribution in [-0.4, -0.2) is 31.5 Å². The van der Waals surface area contributed by atoms with Crippen molar-refractivity contribution in [3.63, 3.8) is 0 Å². The minimum absolute atomic E-state index is 0.151. The first-order valence-corrected chi connectivity index (χ1v) is 6.69. The van der Waals surface area contributed by atoms with Gasteiger partial charge in [0.2, 0.25) is 0 Å². The Bertz CT molecular complexity index is 395. The number of nitrogens with two attached hydrogens (primary N) is 1. The van der Waals surface area contributed by atoms with Gasteiger partial charge < -0.3 is 20.3 Å². The summed E-state index contributed by atoms with van der Waals surface area (Å²) in [4.78, 5) is 0. The molecule has 0 aliphatic heterocycles. The molecule has 1 aromatic carbocycles. The van der Waals surface area contributed by atoms with E-state index in [9.17, 15) is 5.11 Å². The van der Waals surface area contributed by atoms with Gasteiger partial charge in [0, 0.05) is 11.6 Å². The molecule has 4 nitrogen and oxygen atoms in total. The van der Waals surface area contributed by atoms with E-state index in [1.54, 1.807) is 14.2 Å². The number of ether oxygens (including phenoxy) is 2. The van der Waals surface area contributed by atoms with E-state index in [4.69, 9.17) is 15.2 Å². The molecule has 3 N–H and O–H groups in total. The fourth-order valence-electron chi connectivity index (χ4n) is 2.16. The Morgan fingerprint density at radius 1 is 1.26 bits per heavy atom. The van der Waals surface area contributed by atoms with Crippen molar-refractivity contribution in [1.29, 1.82) is 0 Å². The van der Waals surface area contributed by atoms with E-state index in [-0.39, 0.29) is 12.0 Å². The smallest absolute Gasteiger partial charge is 0.122 e. The van der Waals surface area contributed by atoms with E-state index in [0.717, 1.165) is 23.5 Å². The molecular weight excluding hydrogens is 242 g/mol. The molecule has 19 heavy (non-hydrogen) atoms. The van der Waals surface area contributed by atoms with Crippen LogP contribution in [-0.2, 0) is 0 Å². The summed E-state index contributed by atoms with van der Waals surface area (Å²) in [5.41, 5.74) is 6.90. The van der Waals surface area contributed by atoms with Crippen LogP contribution >= 0.6 is 0 Å². The Balaban J connectivity index is 2.88. The standard InChI is InChI=1S/C15H25NO3/c1-5-13(16)14(17)8-10(2)12-9-11(18-3)6-7-15(12)19-4/h6-7,9-10,13-14,17H,5,8,16H2,1-4H3. The van der Waals surface area contributed by atoms with Crippen LogP contribution in [0.25, 0.3) is 0 Å². The predicted octanol–water partition coefficient (Wildman–Crippen LogP) is 2.30. The van der Waals surface area contributed by atoms with Crippen molar-refractivity contribution < 1.29 is 14.6 Å². The van der Waals surface area contributed by atoms with Crippen molar-refractivity contribution in [1.82, 2.24) is 0 Å². The lowest BCUT2D eigenvalue weighted by Gasteiger charge is -2.23. The largest absolute Gasteiger partial charge is 0.497 e. The van der Waals surface area contributed by atoms with Crippen molar-refractivity contribution in [3.05, 3.63) is 23.8 Å². The molecule has 0 saturated carbocycles. The molecule has 1 rings (SSSR count). The molecule has 3 atom stereocenters. The minimum Gasteiger partial charge on any atom is -0.497 e. The van der Waals surface area contributed by atoms with Crippen LogP contribution < -0.4 is 15.2 Å². The van der Waals surface area contributed by atoms with E-state index in [2.05, 4.69) is 6.92 Å². The summed E-state index contributed by atoms with van der Waals surface area (Å²) < 4.78 is 10.6. The van der Waals surface area contributed by atoms with Crippen LogP contribution in [0.15, 0.2) is 18.2 Å². The van der Waals surface area contributed by atoms with Gasteiger partial charge >= 0.3 is 0 Å². The van der Waals surface area contributed by atoms with Crippen molar-refractivity contribution in [3.8, 4) is 11.5 Å². The Morgan fingerprint density at radius 2 is 1.95 bits per heavy atom. The number of aliphatic hydroxyl groups is 1. The maximum Gasteiger partial charge on any atom is 0.122 e. The van der Waals surface area contributed by atoms with Gasteiger partial charge in [0.1, 0.15) is 11.5 Å². The maximum absolute atomic E-state index is 10.0. The third-order valence-electron chi connectivity index (χ3n) is 3.53. The van der Waals surface area contributed by atoms with Crippen molar-refractivity contribution in [2.24, 2.45) is 5.73 Å². The monoisotopic (exact) mass is 267 g/mol. The zero-order valence-electron chi connectivity index (χ0n) is 12.2. The van der Waals surface area contributed by atoms with Gasteiger partial charge in [0.25, 0.3) is 0 Å². The van der Waals surface area contributed by atoms with Gasteiger partial charge in [-0.1, -0.05) is 13.8 Å². The van der Waals surface area contributed by atoms with Gasteiger partial charge in [-0.2, -0.15) is 0 Å². The first-order chi connectivity index (χ1) is 9.03. The molecule has 0 aliphatic rings. The van der Waals surface area contributed by atoms with E-state index >= 15 is 0 Å². The second-order valence-corrected chi connectivity index (χ2v) is 4.88. The van der Waals surface area contributed by atoms with Gasteiger partial charge in [-0.25, -0.2) is 0 Å². The van der Waals surface area contributed by atoms with Gasteiger partial charge in [-0.05, 0) is 37.0 Å². The molecule has 0 fully saturated rings. The zero-order chi connectivity index (χ0) is 14.4. The molecule has 3 unspecified atom stereocenters. The summed E-state index contributed by atoms with van der Waals surface area (Å²) in [6.07, 6.45) is 0.873. The molecule has 0 saturated heterocycles. The predicted molar refractivity (Wildman–Crippen MR) is 76.9 cm³/mol. The maximum atomic E-state index is 10.0. The van der Waals surface area contributed by atoms with Crippen LogP contribution in [0.5, 0.6) is 11.5 Å². The number of rotatable bonds is 7. The molecule has 0 radical (unpaired) electrons. The highest BCUT2D eigenvalue weighted by Gasteiger charge is 2.20. The summed E-state index contributed by atoms with van der Waals surface area (Å²) in [6.45, 7) is 4.04. The first-order valence-electron chi connectivity index (χ1n) is 6.69.